The lowest BCUT2D eigenvalue weighted by Crippen LogP contribution is -2.31. The summed E-state index contributed by atoms with van der Waals surface area (Å²) in [7, 11) is 0. The van der Waals surface area contributed by atoms with E-state index in [4.69, 9.17) is 0 Å². The maximum Gasteiger partial charge on any atom is 0.305 e. The van der Waals surface area contributed by atoms with Gasteiger partial charge in [-0.3, -0.25) is 9.69 Å². The van der Waals surface area contributed by atoms with Crippen LogP contribution in [0.5, 0.6) is 0 Å². The number of carboxylic acid groups (broad SMARTS) is 1. The van der Waals surface area contributed by atoms with Crippen LogP contribution in [0.3, 0.4) is 0 Å². The molecule has 1 aromatic heterocycles. The van der Waals surface area contributed by atoms with Crippen LogP contribution in [0.1, 0.15) is 35.7 Å². The van der Waals surface area contributed by atoms with E-state index in [-0.39, 0.29) is 12.5 Å². The van der Waals surface area contributed by atoms with Crippen molar-refractivity contribution in [2.24, 2.45) is 0 Å². The van der Waals surface area contributed by atoms with Crippen LogP contribution < -0.4 is 0 Å². The van der Waals surface area contributed by atoms with Gasteiger partial charge in [0.15, 0.2) is 0 Å². The third kappa shape index (κ3) is 3.71. The molecule has 0 amide bonds. The van der Waals surface area contributed by atoms with Crippen molar-refractivity contribution >= 4 is 17.3 Å². The normalized spacial score (nSPS) is 16.0. The molecule has 0 saturated heterocycles. The van der Waals surface area contributed by atoms with Crippen LogP contribution in [0.15, 0.2) is 47.8 Å². The van der Waals surface area contributed by atoms with Crippen molar-refractivity contribution in [1.29, 1.82) is 0 Å². The molecule has 3 nitrogen and oxygen atoms in total. The van der Waals surface area contributed by atoms with E-state index >= 15 is 0 Å². The van der Waals surface area contributed by atoms with Gasteiger partial charge < -0.3 is 5.11 Å². The number of benzene rings is 1. The molecule has 110 valence electrons. The molecule has 0 spiro atoms. The van der Waals surface area contributed by atoms with Crippen LogP contribution in [0.4, 0.5) is 0 Å². The summed E-state index contributed by atoms with van der Waals surface area (Å²) in [6.07, 6.45) is 2.51. The van der Waals surface area contributed by atoms with E-state index in [1.54, 1.807) is 11.3 Å². The Morgan fingerprint density at radius 1 is 1.24 bits per heavy atom. The summed E-state index contributed by atoms with van der Waals surface area (Å²) < 4.78 is 0. The van der Waals surface area contributed by atoms with Crippen molar-refractivity contribution in [2.75, 3.05) is 0 Å². The molecule has 1 saturated carbocycles. The topological polar surface area (TPSA) is 40.5 Å². The van der Waals surface area contributed by atoms with Crippen molar-refractivity contribution in [1.82, 2.24) is 4.90 Å². The second kappa shape index (κ2) is 6.41. The SMILES string of the molecule is O=C(O)CC(c1ccccc1)N(Cc1cccs1)C1CC1. The summed E-state index contributed by atoms with van der Waals surface area (Å²) in [6.45, 7) is 0.842. The molecule has 2 aromatic rings. The first-order valence-electron chi connectivity index (χ1n) is 7.29. The van der Waals surface area contributed by atoms with Gasteiger partial charge >= 0.3 is 5.97 Å². The van der Waals surface area contributed by atoms with Crippen molar-refractivity contribution < 1.29 is 9.90 Å². The van der Waals surface area contributed by atoms with E-state index in [2.05, 4.69) is 22.4 Å². The van der Waals surface area contributed by atoms with Gasteiger partial charge in [-0.25, -0.2) is 0 Å². The Hall–Kier alpha value is -1.65. The third-order valence-electron chi connectivity index (χ3n) is 3.89. The van der Waals surface area contributed by atoms with Gasteiger partial charge in [-0.15, -0.1) is 11.3 Å². The standard InChI is InChI=1S/C17H19NO2S/c19-17(20)11-16(13-5-2-1-3-6-13)18(14-8-9-14)12-15-7-4-10-21-15/h1-7,10,14,16H,8-9,11-12H2,(H,19,20). The molecule has 1 aliphatic rings. The zero-order chi connectivity index (χ0) is 14.7. The van der Waals surface area contributed by atoms with Crippen LogP contribution in [0.25, 0.3) is 0 Å². The van der Waals surface area contributed by atoms with E-state index in [0.717, 1.165) is 12.1 Å². The minimum absolute atomic E-state index is 0.0432. The first kappa shape index (κ1) is 14.3. The second-order valence-electron chi connectivity index (χ2n) is 5.51. The molecule has 1 aliphatic carbocycles. The molecular formula is C17H19NO2S. The van der Waals surface area contributed by atoms with Crippen molar-refractivity contribution in [2.45, 2.75) is 37.9 Å². The molecule has 21 heavy (non-hydrogen) atoms. The van der Waals surface area contributed by atoms with Gasteiger partial charge in [-0.2, -0.15) is 0 Å². The zero-order valence-electron chi connectivity index (χ0n) is 11.8. The van der Waals surface area contributed by atoms with Gasteiger partial charge in [0.2, 0.25) is 0 Å². The summed E-state index contributed by atoms with van der Waals surface area (Å²) in [5, 5.41) is 11.4. The van der Waals surface area contributed by atoms with E-state index in [1.807, 2.05) is 30.3 Å². The Labute approximate surface area is 128 Å². The lowest BCUT2D eigenvalue weighted by molar-refractivity contribution is -0.138. The van der Waals surface area contributed by atoms with Gasteiger partial charge in [-0.1, -0.05) is 36.4 Å². The van der Waals surface area contributed by atoms with Gasteiger partial charge in [0, 0.05) is 23.5 Å². The molecule has 0 aliphatic heterocycles. The highest BCUT2D eigenvalue weighted by molar-refractivity contribution is 7.09. The molecule has 3 rings (SSSR count). The van der Waals surface area contributed by atoms with Gasteiger partial charge in [0.1, 0.15) is 0 Å². The fraction of sp³-hybridized carbons (Fsp3) is 0.353. The Kier molecular flexibility index (Phi) is 4.36. The molecule has 1 fully saturated rings. The largest absolute Gasteiger partial charge is 0.481 e. The first-order valence-corrected chi connectivity index (χ1v) is 8.17. The molecule has 4 heteroatoms. The average Bonchev–Trinajstić information content (AvgIpc) is 3.20. The monoisotopic (exact) mass is 301 g/mol. The highest BCUT2D eigenvalue weighted by Gasteiger charge is 2.35. The van der Waals surface area contributed by atoms with Gasteiger partial charge in [0.05, 0.1) is 6.42 Å². The number of hydrogen-bond donors (Lipinski definition) is 1. The number of thiophene rings is 1. The number of nitrogens with zero attached hydrogens (tertiary/aromatic N) is 1. The number of carbonyl (C=O) groups is 1. The summed E-state index contributed by atoms with van der Waals surface area (Å²) in [5.41, 5.74) is 1.10. The van der Waals surface area contributed by atoms with Crippen molar-refractivity contribution in [3.63, 3.8) is 0 Å². The quantitative estimate of drug-likeness (QED) is 0.842. The highest BCUT2D eigenvalue weighted by Crippen LogP contribution is 2.37. The number of carboxylic acids is 1. The molecule has 1 unspecified atom stereocenters. The maximum absolute atomic E-state index is 11.3. The number of hydrogen-bond acceptors (Lipinski definition) is 3. The third-order valence-corrected chi connectivity index (χ3v) is 4.75. The predicted molar refractivity (Wildman–Crippen MR) is 84.3 cm³/mol. The molecule has 1 N–H and O–H groups in total. The lowest BCUT2D eigenvalue weighted by Gasteiger charge is -2.31. The second-order valence-corrected chi connectivity index (χ2v) is 6.54. The first-order chi connectivity index (χ1) is 10.2. The van der Waals surface area contributed by atoms with Crippen LogP contribution in [-0.2, 0) is 11.3 Å². The molecular weight excluding hydrogens is 282 g/mol. The molecule has 1 atom stereocenters. The summed E-state index contributed by atoms with van der Waals surface area (Å²) in [4.78, 5) is 15.0. The summed E-state index contributed by atoms with van der Waals surface area (Å²) in [6, 6.07) is 14.7. The fourth-order valence-electron chi connectivity index (χ4n) is 2.75. The molecule has 1 aromatic carbocycles. The Morgan fingerprint density at radius 3 is 2.57 bits per heavy atom. The minimum Gasteiger partial charge on any atom is -0.481 e. The van der Waals surface area contributed by atoms with Crippen LogP contribution >= 0.6 is 11.3 Å². The Bertz CT molecular complexity index is 578. The smallest absolute Gasteiger partial charge is 0.305 e. The lowest BCUT2D eigenvalue weighted by atomic mass is 10.0. The van der Waals surface area contributed by atoms with E-state index in [9.17, 15) is 9.90 Å². The van der Waals surface area contributed by atoms with Crippen LogP contribution in [0, 0.1) is 0 Å². The van der Waals surface area contributed by atoms with Gasteiger partial charge in [0.25, 0.3) is 0 Å². The van der Waals surface area contributed by atoms with Crippen molar-refractivity contribution in [3.8, 4) is 0 Å². The molecule has 1 heterocycles. The van der Waals surface area contributed by atoms with Crippen LogP contribution in [0.2, 0.25) is 0 Å². The molecule has 0 bridgehead atoms. The predicted octanol–water partition coefficient (Wildman–Crippen LogP) is 3.93. The van der Waals surface area contributed by atoms with E-state index < -0.39 is 5.97 Å². The van der Waals surface area contributed by atoms with Crippen LogP contribution in [-0.4, -0.2) is 22.0 Å². The summed E-state index contributed by atoms with van der Waals surface area (Å²) >= 11 is 1.74. The summed E-state index contributed by atoms with van der Waals surface area (Å²) in [5.74, 6) is -0.735. The fourth-order valence-corrected chi connectivity index (χ4v) is 3.46. The maximum atomic E-state index is 11.3. The Morgan fingerprint density at radius 2 is 2.00 bits per heavy atom. The van der Waals surface area contributed by atoms with Crippen molar-refractivity contribution in [3.05, 3.63) is 58.3 Å². The number of rotatable bonds is 7. The average molecular weight is 301 g/mol. The van der Waals surface area contributed by atoms with E-state index in [1.165, 1.54) is 17.7 Å². The highest BCUT2D eigenvalue weighted by atomic mass is 32.1. The van der Waals surface area contributed by atoms with Gasteiger partial charge in [-0.05, 0) is 29.9 Å². The minimum atomic E-state index is -0.735. The molecule has 0 radical (unpaired) electrons. The number of aliphatic carboxylic acids is 1. The zero-order valence-corrected chi connectivity index (χ0v) is 12.6. The Balaban J connectivity index is 1.86. The van der Waals surface area contributed by atoms with E-state index in [0.29, 0.717) is 6.04 Å².